The maximum atomic E-state index is 12.6. The summed E-state index contributed by atoms with van der Waals surface area (Å²) in [6.45, 7) is 2.78. The van der Waals surface area contributed by atoms with Gasteiger partial charge < -0.3 is 4.90 Å². The maximum Gasteiger partial charge on any atom is 0.227 e. The second-order valence-electron chi connectivity index (χ2n) is 6.68. The van der Waals surface area contributed by atoms with E-state index in [2.05, 4.69) is 10.2 Å². The van der Waals surface area contributed by atoms with Crippen LogP contribution in [0.15, 0.2) is 60.0 Å². The van der Waals surface area contributed by atoms with Gasteiger partial charge in [-0.05, 0) is 49.2 Å². The molecule has 28 heavy (non-hydrogen) atoms. The minimum Gasteiger partial charge on any atom is -0.312 e. The molecule has 1 aliphatic heterocycles. The molecule has 1 amide bonds. The summed E-state index contributed by atoms with van der Waals surface area (Å²) in [5.74, 6) is 0.431. The first-order valence-corrected chi connectivity index (χ1v) is 10.1. The molecule has 0 radical (unpaired) electrons. The highest BCUT2D eigenvalue weighted by Crippen LogP contribution is 2.24. The smallest absolute Gasteiger partial charge is 0.227 e. The number of carbonyl (C=O) groups excluding carboxylic acids is 2. The third-order valence-corrected chi connectivity index (χ3v) is 5.74. The Morgan fingerprint density at radius 3 is 2.64 bits per heavy atom. The standard InChI is InChI=1S/C21H20N4O2S/c1-15-5-2-3-6-18(15)25-14-22-23-21(25)28-13-19(26)16-8-10-17(11-9-16)24-12-4-7-20(24)27/h2-3,5-6,8-11,14H,4,7,12-13H2,1H3. The van der Waals surface area contributed by atoms with E-state index in [1.54, 1.807) is 23.4 Å². The average molecular weight is 392 g/mol. The van der Waals surface area contributed by atoms with E-state index in [-0.39, 0.29) is 17.4 Å². The molecule has 0 N–H and O–H groups in total. The lowest BCUT2D eigenvalue weighted by Crippen LogP contribution is -2.23. The Labute approximate surface area is 167 Å². The van der Waals surface area contributed by atoms with E-state index in [9.17, 15) is 9.59 Å². The van der Waals surface area contributed by atoms with Crippen molar-refractivity contribution in [2.75, 3.05) is 17.2 Å². The van der Waals surface area contributed by atoms with Gasteiger partial charge in [0, 0.05) is 24.2 Å². The van der Waals surface area contributed by atoms with Crippen molar-refractivity contribution in [3.63, 3.8) is 0 Å². The van der Waals surface area contributed by atoms with Crippen molar-refractivity contribution in [1.29, 1.82) is 0 Å². The number of nitrogens with zero attached hydrogens (tertiary/aromatic N) is 4. The largest absolute Gasteiger partial charge is 0.312 e. The van der Waals surface area contributed by atoms with Crippen LogP contribution in [-0.2, 0) is 4.79 Å². The Hall–Kier alpha value is -2.93. The van der Waals surface area contributed by atoms with Crippen LogP contribution in [0.25, 0.3) is 5.69 Å². The topological polar surface area (TPSA) is 68.1 Å². The van der Waals surface area contributed by atoms with Crippen molar-refractivity contribution in [2.24, 2.45) is 0 Å². The number of carbonyl (C=O) groups is 2. The Kier molecular flexibility index (Phi) is 5.25. The first-order valence-electron chi connectivity index (χ1n) is 9.16. The monoisotopic (exact) mass is 392 g/mol. The summed E-state index contributed by atoms with van der Waals surface area (Å²) in [4.78, 5) is 26.2. The third kappa shape index (κ3) is 3.71. The van der Waals surface area contributed by atoms with Crippen LogP contribution in [0.1, 0.15) is 28.8 Å². The van der Waals surface area contributed by atoms with E-state index in [1.165, 1.54) is 11.8 Å². The minimum atomic E-state index is 0.0173. The molecule has 7 heteroatoms. The number of thioether (sulfide) groups is 1. The summed E-state index contributed by atoms with van der Waals surface area (Å²) in [6, 6.07) is 15.2. The predicted molar refractivity (Wildman–Crippen MR) is 109 cm³/mol. The summed E-state index contributed by atoms with van der Waals surface area (Å²) in [7, 11) is 0. The predicted octanol–water partition coefficient (Wildman–Crippen LogP) is 3.68. The van der Waals surface area contributed by atoms with Crippen LogP contribution in [0.2, 0.25) is 0 Å². The van der Waals surface area contributed by atoms with Gasteiger partial charge in [0.15, 0.2) is 10.9 Å². The zero-order valence-corrected chi connectivity index (χ0v) is 16.4. The van der Waals surface area contributed by atoms with Crippen molar-refractivity contribution in [1.82, 2.24) is 14.8 Å². The Morgan fingerprint density at radius 1 is 1.14 bits per heavy atom. The summed E-state index contributed by atoms with van der Waals surface area (Å²) >= 11 is 1.37. The SMILES string of the molecule is Cc1ccccc1-n1cnnc1SCC(=O)c1ccc(N2CCCC2=O)cc1. The highest BCUT2D eigenvalue weighted by atomic mass is 32.2. The minimum absolute atomic E-state index is 0.0173. The molecule has 1 aliphatic rings. The van der Waals surface area contributed by atoms with Crippen molar-refractivity contribution in [3.05, 3.63) is 66.0 Å². The van der Waals surface area contributed by atoms with Gasteiger partial charge in [-0.2, -0.15) is 0 Å². The summed E-state index contributed by atoms with van der Waals surface area (Å²) in [5.41, 5.74) is 3.60. The van der Waals surface area contributed by atoms with E-state index in [0.717, 1.165) is 29.9 Å². The summed E-state index contributed by atoms with van der Waals surface area (Å²) in [5, 5.41) is 8.83. The molecular formula is C21H20N4O2S. The average Bonchev–Trinajstić information content (AvgIpc) is 3.35. The Bertz CT molecular complexity index is 1010. The first-order chi connectivity index (χ1) is 13.6. The molecule has 3 aromatic rings. The number of rotatable bonds is 6. The first kappa shape index (κ1) is 18.4. The van der Waals surface area contributed by atoms with Crippen LogP contribution < -0.4 is 4.90 Å². The van der Waals surface area contributed by atoms with Gasteiger partial charge in [-0.3, -0.25) is 14.2 Å². The fourth-order valence-corrected chi connectivity index (χ4v) is 4.10. The zero-order chi connectivity index (χ0) is 19.5. The molecule has 4 rings (SSSR count). The molecule has 0 aliphatic carbocycles. The summed E-state index contributed by atoms with van der Waals surface area (Å²) < 4.78 is 1.90. The normalized spacial score (nSPS) is 13.9. The van der Waals surface area contributed by atoms with Gasteiger partial charge in [-0.1, -0.05) is 30.0 Å². The number of ketones is 1. The number of hydrogen-bond donors (Lipinski definition) is 0. The van der Waals surface area contributed by atoms with Gasteiger partial charge in [0.2, 0.25) is 5.91 Å². The molecule has 1 fully saturated rings. The number of Topliss-reactive ketones (excluding diaryl/α,β-unsaturated/α-hetero) is 1. The van der Waals surface area contributed by atoms with Crippen LogP contribution in [0.5, 0.6) is 0 Å². The highest BCUT2D eigenvalue weighted by Gasteiger charge is 2.21. The second-order valence-corrected chi connectivity index (χ2v) is 7.62. The highest BCUT2D eigenvalue weighted by molar-refractivity contribution is 7.99. The fraction of sp³-hybridized carbons (Fsp3) is 0.238. The van der Waals surface area contributed by atoms with Gasteiger partial charge in [-0.15, -0.1) is 10.2 Å². The van der Waals surface area contributed by atoms with E-state index < -0.39 is 0 Å². The van der Waals surface area contributed by atoms with Crippen molar-refractivity contribution < 1.29 is 9.59 Å². The van der Waals surface area contributed by atoms with Gasteiger partial charge in [0.1, 0.15) is 6.33 Å². The molecule has 0 atom stereocenters. The molecule has 0 unspecified atom stereocenters. The molecule has 1 aromatic heterocycles. The van der Waals surface area contributed by atoms with E-state index >= 15 is 0 Å². The molecule has 2 aromatic carbocycles. The van der Waals surface area contributed by atoms with E-state index in [4.69, 9.17) is 0 Å². The summed E-state index contributed by atoms with van der Waals surface area (Å²) in [6.07, 6.45) is 3.15. The Morgan fingerprint density at radius 2 is 1.93 bits per heavy atom. The van der Waals surface area contributed by atoms with Crippen molar-refractivity contribution in [2.45, 2.75) is 24.9 Å². The molecule has 142 valence electrons. The van der Waals surface area contributed by atoms with Crippen LogP contribution in [0.4, 0.5) is 5.69 Å². The molecule has 0 spiro atoms. The maximum absolute atomic E-state index is 12.6. The molecule has 0 saturated carbocycles. The number of benzene rings is 2. The van der Waals surface area contributed by atoms with Crippen LogP contribution >= 0.6 is 11.8 Å². The lowest BCUT2D eigenvalue weighted by molar-refractivity contribution is -0.117. The van der Waals surface area contributed by atoms with Crippen molar-refractivity contribution in [3.8, 4) is 5.69 Å². The van der Waals surface area contributed by atoms with E-state index in [1.807, 2.05) is 47.9 Å². The lowest BCUT2D eigenvalue weighted by atomic mass is 10.1. The molecule has 1 saturated heterocycles. The van der Waals surface area contributed by atoms with Gasteiger partial charge in [0.25, 0.3) is 0 Å². The number of para-hydroxylation sites is 1. The molecule has 2 heterocycles. The van der Waals surface area contributed by atoms with Crippen molar-refractivity contribution >= 4 is 29.1 Å². The third-order valence-electron chi connectivity index (χ3n) is 4.80. The van der Waals surface area contributed by atoms with Crippen LogP contribution in [0.3, 0.4) is 0 Å². The van der Waals surface area contributed by atoms with Gasteiger partial charge in [-0.25, -0.2) is 0 Å². The lowest BCUT2D eigenvalue weighted by Gasteiger charge is -2.15. The fourth-order valence-electron chi connectivity index (χ4n) is 3.28. The number of anilines is 1. The molecular weight excluding hydrogens is 372 g/mol. The number of aryl methyl sites for hydroxylation is 1. The van der Waals surface area contributed by atoms with Crippen LogP contribution in [-0.4, -0.2) is 38.8 Å². The van der Waals surface area contributed by atoms with Gasteiger partial charge in [0.05, 0.1) is 11.4 Å². The van der Waals surface area contributed by atoms with Gasteiger partial charge >= 0.3 is 0 Å². The second kappa shape index (κ2) is 7.98. The number of aromatic nitrogens is 3. The number of hydrogen-bond acceptors (Lipinski definition) is 5. The quantitative estimate of drug-likeness (QED) is 0.473. The van der Waals surface area contributed by atoms with E-state index in [0.29, 0.717) is 17.1 Å². The van der Waals surface area contributed by atoms with Crippen LogP contribution in [0, 0.1) is 6.92 Å². The zero-order valence-electron chi connectivity index (χ0n) is 15.5. The Balaban J connectivity index is 1.44. The number of amides is 1. The molecule has 6 nitrogen and oxygen atoms in total. The molecule has 0 bridgehead atoms.